The van der Waals surface area contributed by atoms with Crippen molar-refractivity contribution in [2.24, 2.45) is 0 Å². The van der Waals surface area contributed by atoms with Crippen LogP contribution in [0.4, 0.5) is 20.0 Å². The van der Waals surface area contributed by atoms with E-state index in [4.69, 9.17) is 0 Å². The summed E-state index contributed by atoms with van der Waals surface area (Å²) in [5.41, 5.74) is 0.297. The molecule has 0 aliphatic rings. The number of hydrogen-bond donors (Lipinski definition) is 3. The second-order valence-electron chi connectivity index (χ2n) is 4.31. The molecule has 10 heteroatoms. The molecule has 0 fully saturated rings. The Labute approximate surface area is 140 Å². The van der Waals surface area contributed by atoms with E-state index >= 15 is 0 Å². The number of urea groups is 1. The summed E-state index contributed by atoms with van der Waals surface area (Å²) in [4.78, 5) is 22.9. The standard InChI is InChI=1S/C13H14FN5O2S2/c1-7(10(20)17-11(21)15-2)22-13-19-18-12(23-13)16-9-6-4-3-5-8(9)14/h3-7H,1-2H3,(H,16,18)(H2,15,17,20,21)/t7-/m1/s1. The van der Waals surface area contributed by atoms with Crippen molar-refractivity contribution in [3.05, 3.63) is 30.1 Å². The maximum Gasteiger partial charge on any atom is 0.321 e. The lowest BCUT2D eigenvalue weighted by atomic mass is 10.3. The van der Waals surface area contributed by atoms with Gasteiger partial charge >= 0.3 is 6.03 Å². The first-order valence-corrected chi connectivity index (χ1v) is 8.23. The second kappa shape index (κ2) is 7.88. The summed E-state index contributed by atoms with van der Waals surface area (Å²) in [5.74, 6) is -0.830. The lowest BCUT2D eigenvalue weighted by Crippen LogP contribution is -2.41. The molecule has 1 heterocycles. The van der Waals surface area contributed by atoms with Crippen LogP contribution in [0.3, 0.4) is 0 Å². The van der Waals surface area contributed by atoms with Crippen LogP contribution in [0, 0.1) is 5.82 Å². The molecule has 0 aliphatic heterocycles. The van der Waals surface area contributed by atoms with Crippen LogP contribution in [-0.2, 0) is 4.79 Å². The average Bonchev–Trinajstić information content (AvgIpc) is 2.96. The third-order valence-electron chi connectivity index (χ3n) is 2.63. The van der Waals surface area contributed by atoms with Gasteiger partial charge in [-0.2, -0.15) is 0 Å². The van der Waals surface area contributed by atoms with Gasteiger partial charge in [0.05, 0.1) is 10.9 Å². The van der Waals surface area contributed by atoms with Crippen LogP contribution >= 0.6 is 23.1 Å². The molecular formula is C13H14FN5O2S2. The number of imide groups is 1. The van der Waals surface area contributed by atoms with E-state index in [0.29, 0.717) is 15.2 Å². The maximum absolute atomic E-state index is 13.6. The normalized spacial score (nSPS) is 11.6. The van der Waals surface area contributed by atoms with Crippen LogP contribution in [0.5, 0.6) is 0 Å². The van der Waals surface area contributed by atoms with Gasteiger partial charge in [-0.3, -0.25) is 10.1 Å². The Morgan fingerprint density at radius 3 is 2.74 bits per heavy atom. The molecule has 2 aromatic rings. The second-order valence-corrected chi connectivity index (χ2v) is 6.87. The molecule has 1 aromatic heterocycles. The summed E-state index contributed by atoms with van der Waals surface area (Å²) in [6, 6.07) is 5.65. The Kier molecular flexibility index (Phi) is 5.88. The third-order valence-corrected chi connectivity index (χ3v) is 4.66. The summed E-state index contributed by atoms with van der Waals surface area (Å²) < 4.78 is 14.1. The number of rotatable bonds is 5. The van der Waals surface area contributed by atoms with Crippen molar-refractivity contribution in [1.82, 2.24) is 20.8 Å². The minimum Gasteiger partial charge on any atom is -0.341 e. The quantitative estimate of drug-likeness (QED) is 0.713. The molecule has 0 saturated heterocycles. The first kappa shape index (κ1) is 17.2. The number of thioether (sulfide) groups is 1. The molecule has 122 valence electrons. The molecule has 2 rings (SSSR count). The lowest BCUT2D eigenvalue weighted by Gasteiger charge is -2.08. The Morgan fingerprint density at radius 2 is 2.04 bits per heavy atom. The molecule has 1 atom stereocenters. The zero-order valence-electron chi connectivity index (χ0n) is 12.3. The van der Waals surface area contributed by atoms with E-state index in [1.807, 2.05) is 0 Å². The van der Waals surface area contributed by atoms with Gasteiger partial charge in [-0.25, -0.2) is 9.18 Å². The third kappa shape index (κ3) is 4.89. The number of nitrogens with one attached hydrogen (secondary N) is 3. The zero-order chi connectivity index (χ0) is 16.8. The minimum atomic E-state index is -0.568. The van der Waals surface area contributed by atoms with Crippen molar-refractivity contribution in [3.63, 3.8) is 0 Å². The number of anilines is 2. The van der Waals surface area contributed by atoms with Gasteiger partial charge in [0.15, 0.2) is 4.34 Å². The van der Waals surface area contributed by atoms with Gasteiger partial charge < -0.3 is 10.6 Å². The molecule has 0 spiro atoms. The van der Waals surface area contributed by atoms with Crippen molar-refractivity contribution in [1.29, 1.82) is 0 Å². The fourth-order valence-electron chi connectivity index (χ4n) is 1.47. The highest BCUT2D eigenvalue weighted by Gasteiger charge is 2.19. The molecule has 0 bridgehead atoms. The average molecular weight is 355 g/mol. The van der Waals surface area contributed by atoms with E-state index in [0.717, 1.165) is 11.8 Å². The summed E-state index contributed by atoms with van der Waals surface area (Å²) in [7, 11) is 1.42. The largest absolute Gasteiger partial charge is 0.341 e. The van der Waals surface area contributed by atoms with Crippen molar-refractivity contribution in [2.75, 3.05) is 12.4 Å². The zero-order valence-corrected chi connectivity index (χ0v) is 13.9. The molecule has 7 nitrogen and oxygen atoms in total. The Bertz CT molecular complexity index is 709. The van der Waals surface area contributed by atoms with E-state index in [2.05, 4.69) is 26.1 Å². The van der Waals surface area contributed by atoms with Crippen LogP contribution in [0.25, 0.3) is 0 Å². The van der Waals surface area contributed by atoms with Crippen LogP contribution in [0.1, 0.15) is 6.92 Å². The predicted octanol–water partition coefficient (Wildman–Crippen LogP) is 2.36. The van der Waals surface area contributed by atoms with Crippen molar-refractivity contribution in [3.8, 4) is 0 Å². The number of hydrogen-bond acceptors (Lipinski definition) is 7. The first-order chi connectivity index (χ1) is 11.0. The fraction of sp³-hybridized carbons (Fsp3) is 0.231. The monoisotopic (exact) mass is 355 g/mol. The summed E-state index contributed by atoms with van der Waals surface area (Å²) >= 11 is 2.35. The van der Waals surface area contributed by atoms with Crippen LogP contribution in [0.15, 0.2) is 28.6 Å². The van der Waals surface area contributed by atoms with Crippen molar-refractivity contribution >= 4 is 45.9 Å². The lowest BCUT2D eigenvalue weighted by molar-refractivity contribution is -0.119. The van der Waals surface area contributed by atoms with Crippen LogP contribution in [0.2, 0.25) is 0 Å². The number of carbonyl (C=O) groups is 2. The SMILES string of the molecule is CNC(=O)NC(=O)[C@@H](C)Sc1nnc(Nc2ccccc2F)s1. The van der Waals surface area contributed by atoms with Gasteiger partial charge in [-0.05, 0) is 19.1 Å². The highest BCUT2D eigenvalue weighted by molar-refractivity contribution is 8.02. The van der Waals surface area contributed by atoms with Gasteiger partial charge in [0.1, 0.15) is 5.82 Å². The smallest absolute Gasteiger partial charge is 0.321 e. The molecule has 3 N–H and O–H groups in total. The van der Waals surface area contributed by atoms with E-state index in [1.165, 1.54) is 24.5 Å². The van der Waals surface area contributed by atoms with Crippen LogP contribution < -0.4 is 16.0 Å². The fourth-order valence-corrected chi connectivity index (χ4v) is 3.37. The van der Waals surface area contributed by atoms with E-state index < -0.39 is 23.0 Å². The number of para-hydroxylation sites is 1. The summed E-state index contributed by atoms with van der Waals surface area (Å²) in [6.07, 6.45) is 0. The number of carbonyl (C=O) groups excluding carboxylic acids is 2. The molecule has 0 unspecified atom stereocenters. The van der Waals surface area contributed by atoms with E-state index in [1.54, 1.807) is 25.1 Å². The topological polar surface area (TPSA) is 96.0 Å². The van der Waals surface area contributed by atoms with Crippen LogP contribution in [-0.4, -0.2) is 34.4 Å². The number of amides is 3. The summed E-state index contributed by atoms with van der Waals surface area (Å²) in [6.45, 7) is 1.65. The molecule has 23 heavy (non-hydrogen) atoms. The van der Waals surface area contributed by atoms with Gasteiger partial charge in [-0.1, -0.05) is 35.2 Å². The van der Waals surface area contributed by atoms with Crippen molar-refractivity contribution in [2.45, 2.75) is 16.5 Å². The predicted molar refractivity (Wildman–Crippen MR) is 87.5 cm³/mol. The number of benzene rings is 1. The number of nitrogens with zero attached hydrogens (tertiary/aromatic N) is 2. The van der Waals surface area contributed by atoms with Gasteiger partial charge in [0, 0.05) is 7.05 Å². The van der Waals surface area contributed by atoms with Crippen molar-refractivity contribution < 1.29 is 14.0 Å². The summed E-state index contributed by atoms with van der Waals surface area (Å²) in [5, 5.41) is 15.0. The van der Waals surface area contributed by atoms with E-state index in [9.17, 15) is 14.0 Å². The number of halogens is 1. The Morgan fingerprint density at radius 1 is 1.30 bits per heavy atom. The highest BCUT2D eigenvalue weighted by atomic mass is 32.2. The van der Waals surface area contributed by atoms with Gasteiger partial charge in [0.2, 0.25) is 11.0 Å². The molecule has 0 radical (unpaired) electrons. The van der Waals surface area contributed by atoms with Gasteiger partial charge in [0.25, 0.3) is 0 Å². The minimum absolute atomic E-state index is 0.297. The molecule has 0 saturated carbocycles. The Balaban J connectivity index is 1.95. The molecular weight excluding hydrogens is 341 g/mol. The van der Waals surface area contributed by atoms with E-state index in [-0.39, 0.29) is 0 Å². The maximum atomic E-state index is 13.6. The molecule has 3 amide bonds. The molecule has 0 aliphatic carbocycles. The number of aromatic nitrogens is 2. The van der Waals surface area contributed by atoms with Gasteiger partial charge in [-0.15, -0.1) is 10.2 Å². The highest BCUT2D eigenvalue weighted by Crippen LogP contribution is 2.30. The Hall–Kier alpha value is -2.20. The first-order valence-electron chi connectivity index (χ1n) is 6.54. The molecule has 1 aromatic carbocycles.